The summed E-state index contributed by atoms with van der Waals surface area (Å²) in [6.07, 6.45) is 5.81. The molecule has 1 saturated heterocycles. The highest BCUT2D eigenvalue weighted by molar-refractivity contribution is 5.32. The van der Waals surface area contributed by atoms with Crippen molar-refractivity contribution in [3.05, 3.63) is 18.0 Å². The van der Waals surface area contributed by atoms with E-state index < -0.39 is 0 Å². The molecule has 1 aliphatic rings. The molecule has 0 radical (unpaired) electrons. The van der Waals surface area contributed by atoms with Gasteiger partial charge in [0.1, 0.15) is 0 Å². The lowest BCUT2D eigenvalue weighted by atomic mass is 10.1. The Morgan fingerprint density at radius 2 is 2.05 bits per heavy atom. The molecule has 5 heteroatoms. The van der Waals surface area contributed by atoms with Gasteiger partial charge in [-0.3, -0.25) is 0 Å². The molecule has 1 aromatic heterocycles. The summed E-state index contributed by atoms with van der Waals surface area (Å²) in [6, 6.07) is 0.604. The molecule has 0 amide bonds. The quantitative estimate of drug-likeness (QED) is 0.878. The Kier molecular flexibility index (Phi) is 4.71. The number of hydrogen-bond donors (Lipinski definition) is 1. The summed E-state index contributed by atoms with van der Waals surface area (Å²) in [5.41, 5.74) is 6.90. The predicted octanol–water partition coefficient (Wildman–Crippen LogP) is 0.897. The summed E-state index contributed by atoms with van der Waals surface area (Å²) in [7, 11) is 2.17. The fraction of sp³-hybridized carbons (Fsp3) is 0.714. The van der Waals surface area contributed by atoms with Crippen molar-refractivity contribution in [3.8, 4) is 0 Å². The van der Waals surface area contributed by atoms with E-state index in [2.05, 4.69) is 33.7 Å². The van der Waals surface area contributed by atoms with Gasteiger partial charge in [0.15, 0.2) is 0 Å². The zero-order valence-corrected chi connectivity index (χ0v) is 12.2. The van der Waals surface area contributed by atoms with Crippen LogP contribution in [0.3, 0.4) is 0 Å². The Bertz CT molecular complexity index is 389. The minimum absolute atomic E-state index is 0.153. The summed E-state index contributed by atoms with van der Waals surface area (Å²) in [5, 5.41) is 0. The lowest BCUT2D eigenvalue weighted by Gasteiger charge is -2.28. The van der Waals surface area contributed by atoms with E-state index >= 15 is 0 Å². The van der Waals surface area contributed by atoms with Crippen molar-refractivity contribution in [1.29, 1.82) is 0 Å². The lowest BCUT2D eigenvalue weighted by Crippen LogP contribution is -2.39. The van der Waals surface area contributed by atoms with Gasteiger partial charge in [-0.25, -0.2) is 9.97 Å². The van der Waals surface area contributed by atoms with Crippen molar-refractivity contribution in [2.45, 2.75) is 38.8 Å². The maximum atomic E-state index is 5.79. The van der Waals surface area contributed by atoms with Crippen LogP contribution in [-0.4, -0.2) is 53.6 Å². The highest BCUT2D eigenvalue weighted by atomic mass is 15.3. The molecule has 0 bridgehead atoms. The van der Waals surface area contributed by atoms with Crippen LogP contribution in [0.2, 0.25) is 0 Å². The van der Waals surface area contributed by atoms with Crippen LogP contribution in [0, 0.1) is 0 Å². The first kappa shape index (κ1) is 14.2. The molecule has 5 nitrogen and oxygen atoms in total. The van der Waals surface area contributed by atoms with Crippen LogP contribution in [0.25, 0.3) is 0 Å². The molecule has 1 aromatic rings. The number of aromatic nitrogens is 2. The van der Waals surface area contributed by atoms with E-state index in [0.717, 1.165) is 44.0 Å². The molecule has 2 unspecified atom stereocenters. The van der Waals surface area contributed by atoms with E-state index in [1.807, 2.05) is 19.3 Å². The molecule has 0 aliphatic carbocycles. The molecule has 2 heterocycles. The zero-order chi connectivity index (χ0) is 13.8. The van der Waals surface area contributed by atoms with Gasteiger partial charge in [-0.05, 0) is 45.8 Å². The zero-order valence-electron chi connectivity index (χ0n) is 12.2. The summed E-state index contributed by atoms with van der Waals surface area (Å²) in [4.78, 5) is 13.7. The van der Waals surface area contributed by atoms with E-state index in [-0.39, 0.29) is 6.04 Å². The summed E-state index contributed by atoms with van der Waals surface area (Å²) in [6.45, 7) is 7.47. The molecule has 106 valence electrons. The topological polar surface area (TPSA) is 58.3 Å². The summed E-state index contributed by atoms with van der Waals surface area (Å²) >= 11 is 0. The van der Waals surface area contributed by atoms with Gasteiger partial charge >= 0.3 is 0 Å². The molecule has 1 fully saturated rings. The monoisotopic (exact) mass is 263 g/mol. The Labute approximate surface area is 115 Å². The maximum absolute atomic E-state index is 5.79. The number of likely N-dealkylation sites (N-methyl/N-ethyl adjacent to an activating group) is 1. The number of nitrogens with two attached hydrogens (primary N) is 1. The molecule has 2 N–H and O–H groups in total. The normalized spacial score (nSPS) is 23.2. The van der Waals surface area contributed by atoms with Crippen LogP contribution in [-0.2, 0) is 6.42 Å². The van der Waals surface area contributed by atoms with Crippen molar-refractivity contribution >= 4 is 5.95 Å². The Morgan fingerprint density at radius 3 is 2.68 bits per heavy atom. The standard InChI is InChI=1S/C14H25N5/c1-11(15)7-13-8-16-14(17-9-13)19-6-4-5-18(3)10-12(19)2/h8-9,11-12H,4-7,10,15H2,1-3H3. The van der Waals surface area contributed by atoms with Gasteiger partial charge in [0, 0.05) is 37.6 Å². The molecule has 1 aliphatic heterocycles. The third-order valence-electron chi connectivity index (χ3n) is 3.55. The van der Waals surface area contributed by atoms with Gasteiger partial charge in [0.25, 0.3) is 0 Å². The van der Waals surface area contributed by atoms with Crippen LogP contribution in [0.15, 0.2) is 12.4 Å². The Morgan fingerprint density at radius 1 is 1.37 bits per heavy atom. The van der Waals surface area contributed by atoms with Gasteiger partial charge in [0.05, 0.1) is 0 Å². The van der Waals surface area contributed by atoms with Gasteiger partial charge in [-0.15, -0.1) is 0 Å². The van der Waals surface area contributed by atoms with E-state index in [1.54, 1.807) is 0 Å². The minimum atomic E-state index is 0.153. The maximum Gasteiger partial charge on any atom is 0.225 e. The second-order valence-electron chi connectivity index (χ2n) is 5.73. The van der Waals surface area contributed by atoms with E-state index in [0.29, 0.717) is 6.04 Å². The smallest absolute Gasteiger partial charge is 0.225 e. The van der Waals surface area contributed by atoms with Crippen molar-refractivity contribution < 1.29 is 0 Å². The second-order valence-corrected chi connectivity index (χ2v) is 5.73. The van der Waals surface area contributed by atoms with E-state index in [9.17, 15) is 0 Å². The number of rotatable bonds is 3. The fourth-order valence-corrected chi connectivity index (χ4v) is 2.64. The Hall–Kier alpha value is -1.20. The number of anilines is 1. The molecule has 0 aromatic carbocycles. The predicted molar refractivity (Wildman–Crippen MR) is 78.3 cm³/mol. The molecule has 0 saturated carbocycles. The highest BCUT2D eigenvalue weighted by Crippen LogP contribution is 2.15. The van der Waals surface area contributed by atoms with Crippen molar-refractivity contribution in [2.75, 3.05) is 31.6 Å². The van der Waals surface area contributed by atoms with Gasteiger partial charge in [-0.2, -0.15) is 0 Å². The first-order valence-electron chi connectivity index (χ1n) is 7.08. The SMILES string of the molecule is CC(N)Cc1cnc(N2CCCN(C)CC2C)nc1. The minimum Gasteiger partial charge on any atom is -0.337 e. The van der Waals surface area contributed by atoms with E-state index in [1.165, 1.54) is 0 Å². The van der Waals surface area contributed by atoms with Crippen molar-refractivity contribution in [2.24, 2.45) is 5.73 Å². The third kappa shape index (κ3) is 3.88. The summed E-state index contributed by atoms with van der Waals surface area (Å²) < 4.78 is 0. The fourth-order valence-electron chi connectivity index (χ4n) is 2.64. The van der Waals surface area contributed by atoms with Crippen LogP contribution in [0.1, 0.15) is 25.8 Å². The lowest BCUT2D eigenvalue weighted by molar-refractivity contribution is 0.337. The second kappa shape index (κ2) is 6.30. The Balaban J connectivity index is 2.08. The molecular formula is C14H25N5. The summed E-state index contributed by atoms with van der Waals surface area (Å²) in [5.74, 6) is 0.844. The molecule has 2 atom stereocenters. The number of nitrogens with zero attached hydrogens (tertiary/aromatic N) is 4. The average Bonchev–Trinajstić information content (AvgIpc) is 2.50. The molecule has 2 rings (SSSR count). The third-order valence-corrected chi connectivity index (χ3v) is 3.55. The first-order valence-corrected chi connectivity index (χ1v) is 7.08. The van der Waals surface area contributed by atoms with Gasteiger partial charge in [-0.1, -0.05) is 0 Å². The van der Waals surface area contributed by atoms with Gasteiger partial charge in [0.2, 0.25) is 5.95 Å². The molecular weight excluding hydrogens is 238 g/mol. The van der Waals surface area contributed by atoms with Gasteiger partial charge < -0.3 is 15.5 Å². The van der Waals surface area contributed by atoms with Crippen LogP contribution in [0.4, 0.5) is 5.95 Å². The highest BCUT2D eigenvalue weighted by Gasteiger charge is 2.21. The molecule has 19 heavy (non-hydrogen) atoms. The molecule has 0 spiro atoms. The van der Waals surface area contributed by atoms with E-state index in [4.69, 9.17) is 5.73 Å². The largest absolute Gasteiger partial charge is 0.337 e. The average molecular weight is 263 g/mol. The van der Waals surface area contributed by atoms with Crippen LogP contribution < -0.4 is 10.6 Å². The first-order chi connectivity index (χ1) is 9.06. The van der Waals surface area contributed by atoms with Crippen LogP contribution in [0.5, 0.6) is 0 Å². The van der Waals surface area contributed by atoms with Crippen molar-refractivity contribution in [3.63, 3.8) is 0 Å². The van der Waals surface area contributed by atoms with Crippen molar-refractivity contribution in [1.82, 2.24) is 14.9 Å². The van der Waals surface area contributed by atoms with Crippen LogP contribution >= 0.6 is 0 Å². The number of hydrogen-bond acceptors (Lipinski definition) is 5.